The van der Waals surface area contributed by atoms with Gasteiger partial charge in [0.25, 0.3) is 0 Å². The van der Waals surface area contributed by atoms with Crippen LogP contribution in [-0.4, -0.2) is 34.0 Å². The van der Waals surface area contributed by atoms with Crippen molar-refractivity contribution in [2.45, 2.75) is 19.5 Å². The molecule has 0 radical (unpaired) electrons. The third-order valence-electron chi connectivity index (χ3n) is 1.77. The summed E-state index contributed by atoms with van der Waals surface area (Å²) >= 11 is 0. The monoisotopic (exact) mass is 226 g/mol. The molecule has 88 valence electrons. The summed E-state index contributed by atoms with van der Waals surface area (Å²) < 4.78 is 1.53. The van der Waals surface area contributed by atoms with Crippen LogP contribution >= 0.6 is 0 Å². The van der Waals surface area contributed by atoms with Gasteiger partial charge in [0.1, 0.15) is 0 Å². The lowest BCUT2D eigenvalue weighted by Gasteiger charge is -2.00. The maximum absolute atomic E-state index is 11.1. The lowest BCUT2D eigenvalue weighted by atomic mass is 10.4. The quantitative estimate of drug-likeness (QED) is 0.570. The highest BCUT2D eigenvalue weighted by atomic mass is 16.2. The summed E-state index contributed by atoms with van der Waals surface area (Å²) in [6.07, 6.45) is 1.86. The molecule has 8 heteroatoms. The van der Waals surface area contributed by atoms with Crippen LogP contribution in [0.3, 0.4) is 0 Å². The minimum Gasteiger partial charge on any atom is -0.351 e. The second-order valence-electron chi connectivity index (χ2n) is 3.17. The fraction of sp³-hybridized carbons (Fsp3) is 0.500. The zero-order valence-corrected chi connectivity index (χ0v) is 8.93. The van der Waals surface area contributed by atoms with Crippen LogP contribution in [0.5, 0.6) is 0 Å². The van der Waals surface area contributed by atoms with Gasteiger partial charge in [-0.25, -0.2) is 4.79 Å². The standard InChI is InChI=1S/C8H14N6O2/c1-10-4-6-5-14(13-12-6)3-2-7(15)11-8(9)16/h5,10H,2-4H2,1H3,(H3,9,11,15,16). The Morgan fingerprint density at radius 3 is 2.94 bits per heavy atom. The van der Waals surface area contributed by atoms with E-state index in [9.17, 15) is 9.59 Å². The van der Waals surface area contributed by atoms with Crippen molar-refractivity contribution in [3.8, 4) is 0 Å². The number of rotatable bonds is 5. The van der Waals surface area contributed by atoms with E-state index in [4.69, 9.17) is 5.73 Å². The minimum absolute atomic E-state index is 0.130. The van der Waals surface area contributed by atoms with Crippen molar-refractivity contribution in [2.75, 3.05) is 7.05 Å². The smallest absolute Gasteiger partial charge is 0.318 e. The Bertz CT molecular complexity index is 374. The van der Waals surface area contributed by atoms with Gasteiger partial charge in [0, 0.05) is 19.2 Å². The molecule has 0 aliphatic heterocycles. The summed E-state index contributed by atoms with van der Waals surface area (Å²) in [6, 6.07) is -0.848. The average Bonchev–Trinajstić information content (AvgIpc) is 2.62. The molecule has 4 N–H and O–H groups in total. The van der Waals surface area contributed by atoms with Gasteiger partial charge in [-0.15, -0.1) is 5.10 Å². The summed E-state index contributed by atoms with van der Waals surface area (Å²) in [6.45, 7) is 0.976. The number of nitrogens with two attached hydrogens (primary N) is 1. The molecular weight excluding hydrogens is 212 g/mol. The first-order valence-corrected chi connectivity index (χ1v) is 4.74. The Balaban J connectivity index is 2.36. The Kier molecular flexibility index (Phi) is 4.40. The number of nitrogens with zero attached hydrogens (tertiary/aromatic N) is 3. The Hall–Kier alpha value is -1.96. The van der Waals surface area contributed by atoms with Gasteiger partial charge in [-0.3, -0.25) is 14.8 Å². The normalized spacial score (nSPS) is 10.1. The first kappa shape index (κ1) is 12.1. The largest absolute Gasteiger partial charge is 0.351 e. The van der Waals surface area contributed by atoms with Crippen molar-refractivity contribution in [1.29, 1.82) is 0 Å². The van der Waals surface area contributed by atoms with E-state index in [2.05, 4.69) is 15.6 Å². The van der Waals surface area contributed by atoms with Crippen LogP contribution in [0.1, 0.15) is 12.1 Å². The van der Waals surface area contributed by atoms with Crippen LogP contribution in [0.4, 0.5) is 4.79 Å². The zero-order valence-electron chi connectivity index (χ0n) is 8.93. The number of nitrogens with one attached hydrogen (secondary N) is 2. The number of primary amides is 1. The number of imide groups is 1. The maximum atomic E-state index is 11.1. The van der Waals surface area contributed by atoms with Crippen LogP contribution < -0.4 is 16.4 Å². The van der Waals surface area contributed by atoms with Crippen LogP contribution in [0, 0.1) is 0 Å². The van der Waals surface area contributed by atoms with Crippen LogP contribution in [0.15, 0.2) is 6.20 Å². The lowest BCUT2D eigenvalue weighted by molar-refractivity contribution is -0.120. The number of aryl methyl sites for hydroxylation is 1. The van der Waals surface area contributed by atoms with Crippen LogP contribution in [0.2, 0.25) is 0 Å². The second-order valence-corrected chi connectivity index (χ2v) is 3.17. The third-order valence-corrected chi connectivity index (χ3v) is 1.77. The molecule has 3 amide bonds. The summed E-state index contributed by atoms with van der Waals surface area (Å²) in [5, 5.41) is 12.6. The van der Waals surface area contributed by atoms with Gasteiger partial charge in [0.2, 0.25) is 5.91 Å². The molecule has 0 aromatic carbocycles. The molecule has 0 fully saturated rings. The van der Waals surface area contributed by atoms with Crippen molar-refractivity contribution >= 4 is 11.9 Å². The Morgan fingerprint density at radius 2 is 2.31 bits per heavy atom. The van der Waals surface area contributed by atoms with Gasteiger partial charge in [0.05, 0.1) is 12.2 Å². The molecule has 0 unspecified atom stereocenters. The molecule has 0 saturated heterocycles. The van der Waals surface area contributed by atoms with E-state index in [0.717, 1.165) is 5.69 Å². The number of hydrogen-bond acceptors (Lipinski definition) is 5. The highest BCUT2D eigenvalue weighted by Gasteiger charge is 2.05. The Labute approximate surface area is 92.2 Å². The molecule has 0 bridgehead atoms. The van der Waals surface area contributed by atoms with Gasteiger partial charge < -0.3 is 11.1 Å². The van der Waals surface area contributed by atoms with Gasteiger partial charge in [-0.2, -0.15) is 0 Å². The van der Waals surface area contributed by atoms with E-state index in [0.29, 0.717) is 13.1 Å². The highest BCUT2D eigenvalue weighted by molar-refractivity contribution is 5.93. The number of amides is 3. The Morgan fingerprint density at radius 1 is 1.56 bits per heavy atom. The molecule has 16 heavy (non-hydrogen) atoms. The number of carbonyl (C=O) groups is 2. The van der Waals surface area contributed by atoms with Crippen molar-refractivity contribution in [2.24, 2.45) is 5.73 Å². The van der Waals surface area contributed by atoms with E-state index in [1.807, 2.05) is 5.32 Å². The lowest BCUT2D eigenvalue weighted by Crippen LogP contribution is -2.35. The average molecular weight is 226 g/mol. The molecule has 0 atom stereocenters. The number of carbonyl (C=O) groups excluding carboxylic acids is 2. The number of urea groups is 1. The maximum Gasteiger partial charge on any atom is 0.318 e. The molecule has 1 heterocycles. The van der Waals surface area contributed by atoms with Crippen molar-refractivity contribution in [3.05, 3.63) is 11.9 Å². The van der Waals surface area contributed by atoms with Gasteiger partial charge in [-0.1, -0.05) is 5.21 Å². The minimum atomic E-state index is -0.848. The summed E-state index contributed by atoms with van der Waals surface area (Å²) in [5.74, 6) is -0.432. The van der Waals surface area contributed by atoms with E-state index in [1.165, 1.54) is 4.68 Å². The van der Waals surface area contributed by atoms with E-state index in [-0.39, 0.29) is 6.42 Å². The fourth-order valence-corrected chi connectivity index (χ4v) is 1.13. The van der Waals surface area contributed by atoms with E-state index >= 15 is 0 Å². The molecule has 0 aliphatic carbocycles. The molecule has 0 saturated carbocycles. The molecule has 1 rings (SSSR count). The van der Waals surface area contributed by atoms with Crippen molar-refractivity contribution in [1.82, 2.24) is 25.6 Å². The molecule has 8 nitrogen and oxygen atoms in total. The van der Waals surface area contributed by atoms with Crippen LogP contribution in [-0.2, 0) is 17.9 Å². The van der Waals surface area contributed by atoms with Gasteiger partial charge >= 0.3 is 6.03 Å². The first-order valence-electron chi connectivity index (χ1n) is 4.74. The summed E-state index contributed by atoms with van der Waals surface area (Å²) in [5.41, 5.74) is 5.58. The highest BCUT2D eigenvalue weighted by Crippen LogP contribution is 1.94. The topological polar surface area (TPSA) is 115 Å². The molecule has 1 aromatic heterocycles. The third kappa shape index (κ3) is 4.05. The fourth-order valence-electron chi connectivity index (χ4n) is 1.13. The molecular formula is C8H14N6O2. The summed E-state index contributed by atoms with van der Waals surface area (Å²) in [7, 11) is 1.80. The van der Waals surface area contributed by atoms with Crippen LogP contribution in [0.25, 0.3) is 0 Å². The van der Waals surface area contributed by atoms with E-state index in [1.54, 1.807) is 13.2 Å². The first-order chi connectivity index (χ1) is 7.61. The van der Waals surface area contributed by atoms with E-state index < -0.39 is 11.9 Å². The zero-order chi connectivity index (χ0) is 12.0. The molecule has 0 spiro atoms. The predicted molar refractivity (Wildman–Crippen MR) is 55.1 cm³/mol. The molecule has 0 aliphatic rings. The molecule has 1 aromatic rings. The SMILES string of the molecule is CNCc1cn(CCC(=O)NC(N)=O)nn1. The summed E-state index contributed by atoms with van der Waals surface area (Å²) in [4.78, 5) is 21.4. The second kappa shape index (κ2) is 5.81. The van der Waals surface area contributed by atoms with Gasteiger partial charge in [0.15, 0.2) is 0 Å². The number of hydrogen-bond donors (Lipinski definition) is 3. The number of aromatic nitrogens is 3. The van der Waals surface area contributed by atoms with Gasteiger partial charge in [-0.05, 0) is 7.05 Å². The predicted octanol–water partition coefficient (Wildman–Crippen LogP) is -1.42. The van der Waals surface area contributed by atoms with Crippen molar-refractivity contribution in [3.63, 3.8) is 0 Å². The van der Waals surface area contributed by atoms with Crippen molar-refractivity contribution < 1.29 is 9.59 Å².